The normalized spacial score (nSPS) is 11.5. The third kappa shape index (κ3) is 7.66. The van der Waals surface area contributed by atoms with E-state index >= 15 is 0 Å². The van der Waals surface area contributed by atoms with E-state index < -0.39 is 65.2 Å². The van der Waals surface area contributed by atoms with Crippen LogP contribution < -0.4 is 21.3 Å². The van der Waals surface area contributed by atoms with Gasteiger partial charge in [-0.1, -0.05) is 48.5 Å². The predicted octanol–water partition coefficient (Wildman–Crippen LogP) is 4.98. The molecule has 0 aromatic heterocycles. The maximum atomic E-state index is 13.2. The Bertz CT molecular complexity index is 2600. The molecule has 54 heavy (non-hydrogen) atoms. The molecule has 4 amide bonds. The lowest BCUT2D eigenvalue weighted by molar-refractivity contribution is -0.132. The van der Waals surface area contributed by atoms with Gasteiger partial charge in [0.1, 0.15) is 21.3 Å². The Morgan fingerprint density at radius 2 is 0.833 bits per heavy atom. The zero-order chi connectivity index (χ0) is 38.9. The van der Waals surface area contributed by atoms with Crippen molar-refractivity contribution in [1.29, 1.82) is 0 Å². The van der Waals surface area contributed by atoms with Gasteiger partial charge in [0.25, 0.3) is 32.1 Å². The second kappa shape index (κ2) is 14.3. The first-order valence-corrected chi connectivity index (χ1v) is 18.3. The zero-order valence-corrected chi connectivity index (χ0v) is 28.9. The SMILES string of the molecule is O=C(Nc1cccc(C(=O)Nc2cccc3ccc(S(=O)(=O)O)c(O)c23)c1)C(=O)Nc1cccc(C(=O)Nc2cccc3ccc(S(=O)(=O)O)c(O)c23)c1. The molecule has 6 aromatic carbocycles. The number of hydrogen-bond donors (Lipinski definition) is 8. The highest BCUT2D eigenvalue weighted by Crippen LogP contribution is 2.38. The van der Waals surface area contributed by atoms with Gasteiger partial charge in [0.2, 0.25) is 0 Å². The van der Waals surface area contributed by atoms with Gasteiger partial charge < -0.3 is 31.5 Å². The number of benzene rings is 6. The Hall–Kier alpha value is -6.86. The van der Waals surface area contributed by atoms with E-state index in [0.29, 0.717) is 10.8 Å². The molecule has 8 N–H and O–H groups in total. The minimum Gasteiger partial charge on any atom is -0.506 e. The number of hydrogen-bond acceptors (Lipinski definition) is 10. The second-order valence-corrected chi connectivity index (χ2v) is 14.3. The third-order valence-electron chi connectivity index (χ3n) is 7.99. The van der Waals surface area contributed by atoms with E-state index in [2.05, 4.69) is 21.3 Å². The number of fused-ring (bicyclic) bond motifs is 2. The van der Waals surface area contributed by atoms with Crippen molar-refractivity contribution in [2.24, 2.45) is 0 Å². The molecule has 274 valence electrons. The van der Waals surface area contributed by atoms with Crippen molar-refractivity contribution < 1.29 is 55.3 Å². The topological polar surface area (TPSA) is 266 Å². The Morgan fingerprint density at radius 1 is 0.463 bits per heavy atom. The maximum Gasteiger partial charge on any atom is 0.314 e. The largest absolute Gasteiger partial charge is 0.506 e. The number of carbonyl (C=O) groups excluding carboxylic acids is 4. The highest BCUT2D eigenvalue weighted by molar-refractivity contribution is 7.86. The number of aromatic hydroxyl groups is 2. The van der Waals surface area contributed by atoms with Crippen molar-refractivity contribution in [3.63, 3.8) is 0 Å². The van der Waals surface area contributed by atoms with Crippen LogP contribution in [0.4, 0.5) is 22.7 Å². The van der Waals surface area contributed by atoms with Crippen molar-refractivity contribution in [3.05, 3.63) is 120 Å². The molecule has 0 aliphatic rings. The molecule has 0 aliphatic heterocycles. The summed E-state index contributed by atoms with van der Waals surface area (Å²) >= 11 is 0. The summed E-state index contributed by atoms with van der Waals surface area (Å²) in [5, 5.41) is 31.7. The van der Waals surface area contributed by atoms with Gasteiger partial charge in [0, 0.05) is 33.3 Å². The number of anilines is 4. The summed E-state index contributed by atoms with van der Waals surface area (Å²) in [6.45, 7) is 0. The zero-order valence-electron chi connectivity index (χ0n) is 27.3. The Morgan fingerprint density at radius 3 is 1.20 bits per heavy atom. The average Bonchev–Trinajstić information content (AvgIpc) is 3.11. The van der Waals surface area contributed by atoms with Crippen LogP contribution in [0.15, 0.2) is 119 Å². The van der Waals surface area contributed by atoms with Gasteiger partial charge in [-0.3, -0.25) is 28.3 Å². The number of amides is 4. The van der Waals surface area contributed by atoms with Crippen LogP contribution in [0.25, 0.3) is 21.5 Å². The van der Waals surface area contributed by atoms with Crippen LogP contribution in [0.5, 0.6) is 11.5 Å². The first kappa shape index (κ1) is 36.9. The van der Waals surface area contributed by atoms with Gasteiger partial charge in [0.15, 0.2) is 0 Å². The van der Waals surface area contributed by atoms with Gasteiger partial charge in [-0.15, -0.1) is 0 Å². The van der Waals surface area contributed by atoms with Crippen molar-refractivity contribution in [3.8, 4) is 11.5 Å². The van der Waals surface area contributed by atoms with Crippen LogP contribution in [0, 0.1) is 0 Å². The molecule has 0 atom stereocenters. The summed E-state index contributed by atoms with van der Waals surface area (Å²) in [7, 11) is -9.56. The Labute approximate surface area is 305 Å². The lowest BCUT2D eigenvalue weighted by Gasteiger charge is -2.13. The molecule has 16 nitrogen and oxygen atoms in total. The standard InChI is InChI=1S/C36H26N4O12S2/c41-31-27(53(47,48)49)15-13-19-5-3-11-25(29(19)31)39-33(43)21-7-1-9-23(17-21)37-35(45)36(46)38-24-10-2-8-22(18-24)34(44)40-26-12-4-6-20-14-16-28(54(50,51)52)32(42)30(20)26/h1-18,41-42H,(H,37,45)(H,38,46)(H,39,43)(H,40,44)(H,47,48,49)(H,50,51,52). The highest BCUT2D eigenvalue weighted by atomic mass is 32.2. The minimum absolute atomic E-state index is 0.00284. The Kier molecular flexibility index (Phi) is 9.76. The lowest BCUT2D eigenvalue weighted by Crippen LogP contribution is -2.29. The first-order valence-electron chi connectivity index (χ1n) is 15.4. The van der Waals surface area contributed by atoms with E-state index in [1.165, 1.54) is 72.8 Å². The van der Waals surface area contributed by atoms with E-state index in [1.807, 2.05) is 0 Å². The number of phenolic OH excluding ortho intramolecular Hbond substituents is 2. The smallest absolute Gasteiger partial charge is 0.314 e. The Balaban J connectivity index is 1.14. The van der Waals surface area contributed by atoms with Crippen LogP contribution in [0.3, 0.4) is 0 Å². The number of phenols is 2. The number of nitrogens with one attached hydrogen (secondary N) is 4. The van der Waals surface area contributed by atoms with Crippen LogP contribution >= 0.6 is 0 Å². The molecule has 0 aliphatic carbocycles. The monoisotopic (exact) mass is 770 g/mol. The quantitative estimate of drug-likeness (QED) is 0.0753. The molecular weight excluding hydrogens is 745 g/mol. The molecule has 0 heterocycles. The highest BCUT2D eigenvalue weighted by Gasteiger charge is 2.22. The molecule has 0 saturated heterocycles. The predicted molar refractivity (Wildman–Crippen MR) is 197 cm³/mol. The summed E-state index contributed by atoms with van der Waals surface area (Å²) in [6, 6.07) is 24.6. The molecule has 6 aromatic rings. The van der Waals surface area contributed by atoms with Crippen LogP contribution in [-0.2, 0) is 29.8 Å². The number of carbonyl (C=O) groups is 4. The van der Waals surface area contributed by atoms with Gasteiger partial charge in [-0.05, 0) is 71.4 Å². The second-order valence-electron chi connectivity index (χ2n) is 11.6. The molecule has 0 bridgehead atoms. The average molecular weight is 771 g/mol. The van der Waals surface area contributed by atoms with Crippen molar-refractivity contribution in [1.82, 2.24) is 0 Å². The van der Waals surface area contributed by atoms with Crippen LogP contribution in [-0.4, -0.2) is 59.8 Å². The van der Waals surface area contributed by atoms with Gasteiger partial charge in [0.05, 0.1) is 11.4 Å². The number of rotatable bonds is 8. The molecule has 0 radical (unpaired) electrons. The van der Waals surface area contributed by atoms with Crippen LogP contribution in [0.2, 0.25) is 0 Å². The van der Waals surface area contributed by atoms with E-state index in [4.69, 9.17) is 0 Å². The van der Waals surface area contributed by atoms with Crippen molar-refractivity contribution in [2.75, 3.05) is 21.3 Å². The summed E-state index contributed by atoms with van der Waals surface area (Å²) < 4.78 is 65.8. The summed E-state index contributed by atoms with van der Waals surface area (Å²) in [5.74, 6) is -5.28. The van der Waals surface area contributed by atoms with E-state index in [-0.39, 0.29) is 44.6 Å². The summed E-state index contributed by atoms with van der Waals surface area (Å²) in [6.07, 6.45) is 0. The minimum atomic E-state index is -4.78. The van der Waals surface area contributed by atoms with Crippen molar-refractivity contribution in [2.45, 2.75) is 9.79 Å². The summed E-state index contributed by atoms with van der Waals surface area (Å²) in [5.41, 5.74) is 0.131. The van der Waals surface area contributed by atoms with Gasteiger partial charge in [-0.25, -0.2) is 0 Å². The molecule has 18 heteroatoms. The van der Waals surface area contributed by atoms with Crippen LogP contribution in [0.1, 0.15) is 20.7 Å². The fourth-order valence-corrected chi connectivity index (χ4v) is 6.72. The lowest BCUT2D eigenvalue weighted by atomic mass is 10.1. The third-order valence-corrected chi connectivity index (χ3v) is 9.76. The van der Waals surface area contributed by atoms with Gasteiger partial charge >= 0.3 is 11.8 Å². The molecule has 0 spiro atoms. The van der Waals surface area contributed by atoms with Crippen molar-refractivity contribution >= 4 is 88.2 Å². The maximum absolute atomic E-state index is 13.2. The molecule has 6 rings (SSSR count). The first-order chi connectivity index (χ1) is 25.5. The molecule has 0 fully saturated rings. The fourth-order valence-electron chi connectivity index (χ4n) is 5.55. The summed E-state index contributed by atoms with van der Waals surface area (Å²) in [4.78, 5) is 50.5. The molecule has 0 unspecified atom stereocenters. The molecule has 0 saturated carbocycles. The van der Waals surface area contributed by atoms with E-state index in [1.54, 1.807) is 24.3 Å². The van der Waals surface area contributed by atoms with E-state index in [0.717, 1.165) is 12.1 Å². The fraction of sp³-hybridized carbons (Fsp3) is 0. The van der Waals surface area contributed by atoms with Gasteiger partial charge in [-0.2, -0.15) is 16.8 Å². The molecular formula is C36H26N4O12S2. The van der Waals surface area contributed by atoms with E-state index in [9.17, 15) is 55.3 Å².